The number of non-ortho nitro benzene ring substituents is 1. The Labute approximate surface area is 143 Å². The first kappa shape index (κ1) is 18.1. The lowest BCUT2D eigenvalue weighted by molar-refractivity contribution is -0.385. The van der Waals surface area contributed by atoms with Crippen LogP contribution in [0.5, 0.6) is 17.2 Å². The number of phenolic OH excluding ortho intramolecular Hbond substituents is 1. The average Bonchev–Trinajstić information content (AvgIpc) is 2.53. The van der Waals surface area contributed by atoms with Gasteiger partial charge in [0.1, 0.15) is 6.61 Å². The van der Waals surface area contributed by atoms with Gasteiger partial charge in [0.15, 0.2) is 11.5 Å². The number of rotatable bonds is 6. The minimum Gasteiger partial charge on any atom is -0.504 e. The number of hydrogen-bond donors (Lipinski definition) is 2. The zero-order chi connectivity index (χ0) is 18.7. The number of nitro benzene ring substituents is 1. The summed E-state index contributed by atoms with van der Waals surface area (Å²) in [5, 5.41) is 29.9. The molecule has 8 heteroatoms. The standard InChI is InChI=1S/C17H17NO7/c1-9-4-12(18(22)23)5-10(2)13(9)8-25-15-7-11(17(20)21)6-14(19)16(15)24-3/h4-7,19H,8H2,1-3H3,(H,20,21). The highest BCUT2D eigenvalue weighted by molar-refractivity contribution is 5.89. The molecule has 0 saturated carbocycles. The highest BCUT2D eigenvalue weighted by Crippen LogP contribution is 2.38. The predicted molar refractivity (Wildman–Crippen MR) is 88.5 cm³/mol. The summed E-state index contributed by atoms with van der Waals surface area (Å²) < 4.78 is 10.7. The first-order chi connectivity index (χ1) is 11.7. The van der Waals surface area contributed by atoms with Gasteiger partial charge in [-0.05, 0) is 42.7 Å². The summed E-state index contributed by atoms with van der Waals surface area (Å²) in [6.07, 6.45) is 0. The van der Waals surface area contributed by atoms with E-state index in [0.29, 0.717) is 11.1 Å². The molecular weight excluding hydrogens is 330 g/mol. The Bertz CT molecular complexity index is 822. The maximum absolute atomic E-state index is 11.1. The van der Waals surface area contributed by atoms with Gasteiger partial charge in [-0.1, -0.05) is 0 Å². The number of carbonyl (C=O) groups is 1. The third-order valence-corrected chi connectivity index (χ3v) is 3.75. The molecule has 2 N–H and O–H groups in total. The van der Waals surface area contributed by atoms with Crippen molar-refractivity contribution in [1.82, 2.24) is 0 Å². The van der Waals surface area contributed by atoms with Gasteiger partial charge in [0.25, 0.3) is 5.69 Å². The van der Waals surface area contributed by atoms with Crippen LogP contribution < -0.4 is 9.47 Å². The molecule has 25 heavy (non-hydrogen) atoms. The van der Waals surface area contributed by atoms with Gasteiger partial charge in [0, 0.05) is 12.1 Å². The summed E-state index contributed by atoms with van der Waals surface area (Å²) in [4.78, 5) is 21.5. The van der Waals surface area contributed by atoms with Crippen molar-refractivity contribution in [3.05, 3.63) is 56.6 Å². The number of carboxylic acid groups (broad SMARTS) is 1. The van der Waals surface area contributed by atoms with Gasteiger partial charge in [0.2, 0.25) is 5.75 Å². The molecule has 8 nitrogen and oxygen atoms in total. The van der Waals surface area contributed by atoms with E-state index in [1.165, 1.54) is 25.3 Å². The maximum atomic E-state index is 11.1. The quantitative estimate of drug-likeness (QED) is 0.608. The molecule has 2 aromatic rings. The van der Waals surface area contributed by atoms with E-state index in [1.54, 1.807) is 13.8 Å². The van der Waals surface area contributed by atoms with Crippen molar-refractivity contribution in [2.45, 2.75) is 20.5 Å². The van der Waals surface area contributed by atoms with E-state index in [0.717, 1.165) is 11.6 Å². The zero-order valence-corrected chi connectivity index (χ0v) is 13.9. The fourth-order valence-electron chi connectivity index (χ4n) is 2.48. The number of carboxylic acids is 1. The number of nitrogens with zero attached hydrogens (tertiary/aromatic N) is 1. The lowest BCUT2D eigenvalue weighted by atomic mass is 10.0. The van der Waals surface area contributed by atoms with Crippen LogP contribution in [0.25, 0.3) is 0 Å². The Morgan fingerprint density at radius 1 is 1.20 bits per heavy atom. The summed E-state index contributed by atoms with van der Waals surface area (Å²) in [6.45, 7) is 3.48. The Morgan fingerprint density at radius 3 is 2.28 bits per heavy atom. The lowest BCUT2D eigenvalue weighted by Gasteiger charge is -2.15. The molecule has 0 aliphatic carbocycles. The maximum Gasteiger partial charge on any atom is 0.335 e. The molecule has 0 bridgehead atoms. The number of hydrogen-bond acceptors (Lipinski definition) is 6. The predicted octanol–water partition coefficient (Wildman–Crippen LogP) is 3.20. The van der Waals surface area contributed by atoms with Gasteiger partial charge < -0.3 is 19.7 Å². The molecule has 132 valence electrons. The molecule has 0 aromatic heterocycles. The summed E-state index contributed by atoms with van der Waals surface area (Å²) in [6, 6.07) is 5.19. The SMILES string of the molecule is COc1c(O)cc(C(=O)O)cc1OCc1c(C)cc([N+](=O)[O-])cc1C. The van der Waals surface area contributed by atoms with E-state index in [9.17, 15) is 20.0 Å². The van der Waals surface area contributed by atoms with Crippen LogP contribution in [0.3, 0.4) is 0 Å². The molecule has 2 aromatic carbocycles. The smallest absolute Gasteiger partial charge is 0.335 e. The van der Waals surface area contributed by atoms with Gasteiger partial charge in [-0.25, -0.2) is 4.79 Å². The second-order valence-corrected chi connectivity index (χ2v) is 5.44. The molecule has 0 aliphatic heterocycles. The average molecular weight is 347 g/mol. The molecule has 0 aliphatic rings. The van der Waals surface area contributed by atoms with Crippen molar-refractivity contribution in [3.8, 4) is 17.2 Å². The summed E-state index contributed by atoms with van der Waals surface area (Å²) in [5.41, 5.74) is 1.91. The minimum absolute atomic E-state index is 0.0122. The number of methoxy groups -OCH3 is 1. The van der Waals surface area contributed by atoms with E-state index in [2.05, 4.69) is 0 Å². The molecule has 0 amide bonds. The molecule has 0 atom stereocenters. The van der Waals surface area contributed by atoms with Crippen molar-refractivity contribution in [2.75, 3.05) is 7.11 Å². The molecule has 0 unspecified atom stereocenters. The number of ether oxygens (including phenoxy) is 2. The van der Waals surface area contributed by atoms with Crippen LogP contribution in [0, 0.1) is 24.0 Å². The van der Waals surface area contributed by atoms with Crippen LogP contribution in [0.2, 0.25) is 0 Å². The second kappa shape index (κ2) is 7.08. The molecule has 0 fully saturated rings. The normalized spacial score (nSPS) is 10.4. The monoisotopic (exact) mass is 347 g/mol. The fraction of sp³-hybridized carbons (Fsp3) is 0.235. The number of benzene rings is 2. The summed E-state index contributed by atoms with van der Waals surface area (Å²) >= 11 is 0. The van der Waals surface area contributed by atoms with Crippen LogP contribution in [0.4, 0.5) is 5.69 Å². The lowest BCUT2D eigenvalue weighted by Crippen LogP contribution is -2.05. The van der Waals surface area contributed by atoms with Gasteiger partial charge >= 0.3 is 5.97 Å². The first-order valence-electron chi connectivity index (χ1n) is 7.26. The zero-order valence-electron chi connectivity index (χ0n) is 13.9. The Balaban J connectivity index is 2.36. The molecule has 0 heterocycles. The molecule has 0 radical (unpaired) electrons. The van der Waals surface area contributed by atoms with Crippen LogP contribution >= 0.6 is 0 Å². The summed E-state index contributed by atoms with van der Waals surface area (Å²) in [5.74, 6) is -1.49. The molecule has 0 saturated heterocycles. The van der Waals surface area contributed by atoms with Crippen LogP contribution in [0.1, 0.15) is 27.0 Å². The minimum atomic E-state index is -1.22. The fourth-order valence-corrected chi connectivity index (χ4v) is 2.48. The van der Waals surface area contributed by atoms with Crippen molar-refractivity contribution in [1.29, 1.82) is 0 Å². The van der Waals surface area contributed by atoms with Crippen molar-refractivity contribution < 1.29 is 29.4 Å². The van der Waals surface area contributed by atoms with E-state index in [1.807, 2.05) is 0 Å². The number of aromatic hydroxyl groups is 1. The number of nitro groups is 1. The Kier molecular flexibility index (Phi) is 5.11. The molecule has 2 rings (SSSR count). The van der Waals surface area contributed by atoms with E-state index < -0.39 is 10.9 Å². The number of aryl methyl sites for hydroxylation is 2. The third kappa shape index (κ3) is 3.79. The number of aromatic carboxylic acids is 1. The van der Waals surface area contributed by atoms with E-state index in [4.69, 9.17) is 14.6 Å². The van der Waals surface area contributed by atoms with Crippen molar-refractivity contribution >= 4 is 11.7 Å². The van der Waals surface area contributed by atoms with E-state index >= 15 is 0 Å². The highest BCUT2D eigenvalue weighted by Gasteiger charge is 2.17. The molecule has 0 spiro atoms. The van der Waals surface area contributed by atoms with Gasteiger partial charge in [-0.15, -0.1) is 0 Å². The van der Waals surface area contributed by atoms with Crippen LogP contribution in [-0.2, 0) is 6.61 Å². The van der Waals surface area contributed by atoms with Gasteiger partial charge in [-0.2, -0.15) is 0 Å². The molecular formula is C17H17NO7. The van der Waals surface area contributed by atoms with Gasteiger partial charge in [0.05, 0.1) is 17.6 Å². The van der Waals surface area contributed by atoms with Crippen LogP contribution in [-0.4, -0.2) is 28.2 Å². The Hall–Kier alpha value is -3.29. The van der Waals surface area contributed by atoms with Crippen LogP contribution in [0.15, 0.2) is 24.3 Å². The largest absolute Gasteiger partial charge is 0.504 e. The van der Waals surface area contributed by atoms with Gasteiger partial charge in [-0.3, -0.25) is 10.1 Å². The van der Waals surface area contributed by atoms with E-state index in [-0.39, 0.29) is 35.1 Å². The Morgan fingerprint density at radius 2 is 1.80 bits per heavy atom. The number of phenols is 1. The van der Waals surface area contributed by atoms with Crippen molar-refractivity contribution in [2.24, 2.45) is 0 Å². The topological polar surface area (TPSA) is 119 Å². The third-order valence-electron chi connectivity index (χ3n) is 3.75. The summed E-state index contributed by atoms with van der Waals surface area (Å²) in [7, 11) is 1.32. The second-order valence-electron chi connectivity index (χ2n) is 5.44. The van der Waals surface area contributed by atoms with Crippen molar-refractivity contribution in [3.63, 3.8) is 0 Å². The first-order valence-corrected chi connectivity index (χ1v) is 7.26. The highest BCUT2D eigenvalue weighted by atomic mass is 16.6.